The molecular formula is C23H29NO. The summed E-state index contributed by atoms with van der Waals surface area (Å²) in [4.78, 5) is 4.61. The predicted octanol–water partition coefficient (Wildman–Crippen LogP) is 6.53. The van der Waals surface area contributed by atoms with Crippen molar-refractivity contribution in [3.63, 3.8) is 0 Å². The van der Waals surface area contributed by atoms with Crippen LogP contribution in [0.1, 0.15) is 57.9 Å². The van der Waals surface area contributed by atoms with Gasteiger partial charge in [0.05, 0.1) is 11.5 Å². The van der Waals surface area contributed by atoms with Gasteiger partial charge in [-0.05, 0) is 43.2 Å². The van der Waals surface area contributed by atoms with E-state index in [0.717, 1.165) is 23.2 Å². The molecule has 2 heteroatoms. The van der Waals surface area contributed by atoms with Gasteiger partial charge in [-0.3, -0.25) is 4.98 Å². The minimum absolute atomic E-state index is 0.622. The van der Waals surface area contributed by atoms with Crippen molar-refractivity contribution in [1.82, 2.24) is 4.98 Å². The van der Waals surface area contributed by atoms with Crippen LogP contribution in [0.3, 0.4) is 0 Å². The van der Waals surface area contributed by atoms with Gasteiger partial charge in [0, 0.05) is 23.7 Å². The molecular weight excluding hydrogens is 306 g/mol. The van der Waals surface area contributed by atoms with Gasteiger partial charge in [-0.15, -0.1) is 0 Å². The summed E-state index contributed by atoms with van der Waals surface area (Å²) in [5.41, 5.74) is 4.85. The Balaban J connectivity index is 1.65. The van der Waals surface area contributed by atoms with Gasteiger partial charge in [-0.2, -0.15) is 0 Å². The first-order valence-corrected chi connectivity index (χ1v) is 9.60. The van der Waals surface area contributed by atoms with Crippen LogP contribution in [0.25, 0.3) is 11.3 Å². The zero-order chi connectivity index (χ0) is 17.5. The Bertz CT molecular complexity index is 680. The lowest BCUT2D eigenvalue weighted by Crippen LogP contribution is -2.03. The van der Waals surface area contributed by atoms with Gasteiger partial charge in [-0.1, -0.05) is 56.7 Å². The Morgan fingerprint density at radius 3 is 2.48 bits per heavy atom. The fourth-order valence-electron chi connectivity index (χ4n) is 3.31. The number of nitrogens with zero attached hydrogens (tertiary/aromatic N) is 1. The van der Waals surface area contributed by atoms with E-state index in [-0.39, 0.29) is 0 Å². The number of pyridine rings is 1. The molecule has 0 saturated heterocycles. The molecule has 0 amide bonds. The lowest BCUT2D eigenvalue weighted by Gasteiger charge is -2.17. The smallest absolute Gasteiger partial charge is 0.114 e. The Morgan fingerprint density at radius 2 is 1.84 bits per heavy atom. The minimum Gasteiger partial charge on any atom is -0.493 e. The quantitative estimate of drug-likeness (QED) is 0.537. The fraction of sp³-hybridized carbons (Fsp3) is 0.435. The first-order valence-electron chi connectivity index (χ1n) is 9.60. The molecule has 25 heavy (non-hydrogen) atoms. The van der Waals surface area contributed by atoms with Gasteiger partial charge in [0.2, 0.25) is 0 Å². The van der Waals surface area contributed by atoms with E-state index in [1.165, 1.54) is 37.9 Å². The summed E-state index contributed by atoms with van der Waals surface area (Å²) < 4.78 is 6.27. The van der Waals surface area contributed by atoms with E-state index in [4.69, 9.17) is 4.74 Å². The highest BCUT2D eigenvalue weighted by Crippen LogP contribution is 2.31. The molecule has 0 N–H and O–H groups in total. The Kier molecular flexibility index (Phi) is 6.27. The Hall–Kier alpha value is -2.09. The molecule has 2 nitrogen and oxygen atoms in total. The third-order valence-corrected chi connectivity index (χ3v) is 5.14. The van der Waals surface area contributed by atoms with E-state index >= 15 is 0 Å². The standard InChI is InChI=1S/C23H29NO/c1-3-18(2)15-23(21-11-7-8-12-21)25-17-19-13-14-22(24-16-19)20-9-5-4-6-10-20/h4-6,9-10,13-14,16,18H,3,7-8,11-12,15,17H2,1-2H3/t18-/m0/s1. The fourth-order valence-corrected chi connectivity index (χ4v) is 3.31. The van der Waals surface area contributed by atoms with E-state index in [9.17, 15) is 0 Å². The van der Waals surface area contributed by atoms with Gasteiger partial charge in [0.15, 0.2) is 0 Å². The second kappa shape index (κ2) is 8.84. The van der Waals surface area contributed by atoms with Gasteiger partial charge >= 0.3 is 0 Å². The van der Waals surface area contributed by atoms with E-state index in [2.05, 4.69) is 43.1 Å². The van der Waals surface area contributed by atoms with Gasteiger partial charge in [-0.25, -0.2) is 0 Å². The summed E-state index contributed by atoms with van der Waals surface area (Å²) in [6.45, 7) is 5.19. The van der Waals surface area contributed by atoms with E-state index in [1.54, 1.807) is 5.57 Å². The number of allylic oxidation sites excluding steroid dienone is 2. The number of hydrogen-bond acceptors (Lipinski definition) is 2. The third kappa shape index (κ3) is 4.94. The summed E-state index contributed by atoms with van der Waals surface area (Å²) in [5, 5.41) is 0. The molecule has 1 aliphatic rings. The Morgan fingerprint density at radius 1 is 1.08 bits per heavy atom. The average molecular weight is 335 g/mol. The summed E-state index contributed by atoms with van der Waals surface area (Å²) in [7, 11) is 0. The van der Waals surface area contributed by atoms with Crippen molar-refractivity contribution in [2.45, 2.75) is 59.0 Å². The summed E-state index contributed by atoms with van der Waals surface area (Å²) in [6.07, 6.45) is 9.29. The molecule has 0 unspecified atom stereocenters. The minimum atomic E-state index is 0.622. The van der Waals surface area contributed by atoms with E-state index in [1.807, 2.05) is 24.4 Å². The Labute approximate surface area is 152 Å². The molecule has 1 fully saturated rings. The van der Waals surface area contributed by atoms with Crippen LogP contribution >= 0.6 is 0 Å². The van der Waals surface area contributed by atoms with Crippen molar-refractivity contribution in [1.29, 1.82) is 0 Å². The van der Waals surface area contributed by atoms with Crippen molar-refractivity contribution in [2.24, 2.45) is 5.92 Å². The van der Waals surface area contributed by atoms with Crippen molar-refractivity contribution < 1.29 is 4.74 Å². The van der Waals surface area contributed by atoms with Crippen LogP contribution in [-0.4, -0.2) is 4.98 Å². The molecule has 1 aromatic carbocycles. The lowest BCUT2D eigenvalue weighted by molar-refractivity contribution is 0.175. The summed E-state index contributed by atoms with van der Waals surface area (Å²) in [6, 6.07) is 14.5. The SMILES string of the molecule is CC[C@H](C)CC(OCc1ccc(-c2ccccc2)nc1)=C1CCCC1. The predicted molar refractivity (Wildman–Crippen MR) is 104 cm³/mol. The molecule has 1 atom stereocenters. The van der Waals surface area contributed by atoms with Gasteiger partial charge in [0.1, 0.15) is 6.61 Å². The molecule has 0 radical (unpaired) electrons. The van der Waals surface area contributed by atoms with Crippen LogP contribution in [0, 0.1) is 5.92 Å². The molecule has 3 rings (SSSR count). The number of hydrogen-bond donors (Lipinski definition) is 0. The zero-order valence-electron chi connectivity index (χ0n) is 15.5. The maximum atomic E-state index is 6.27. The van der Waals surface area contributed by atoms with E-state index < -0.39 is 0 Å². The molecule has 0 aliphatic heterocycles. The van der Waals surface area contributed by atoms with Crippen LogP contribution < -0.4 is 0 Å². The monoisotopic (exact) mass is 335 g/mol. The summed E-state index contributed by atoms with van der Waals surface area (Å²) in [5.74, 6) is 1.93. The van der Waals surface area contributed by atoms with Crippen LogP contribution in [0.2, 0.25) is 0 Å². The molecule has 1 aromatic heterocycles. The second-order valence-corrected chi connectivity index (χ2v) is 7.16. The van der Waals surface area contributed by atoms with Gasteiger partial charge in [0.25, 0.3) is 0 Å². The molecule has 1 saturated carbocycles. The molecule has 1 aliphatic carbocycles. The van der Waals surface area contributed by atoms with Crippen LogP contribution in [0.15, 0.2) is 60.0 Å². The van der Waals surface area contributed by atoms with Crippen molar-refractivity contribution in [2.75, 3.05) is 0 Å². The highest BCUT2D eigenvalue weighted by molar-refractivity contribution is 5.58. The summed E-state index contributed by atoms with van der Waals surface area (Å²) >= 11 is 0. The number of benzene rings is 1. The first-order chi connectivity index (χ1) is 12.3. The maximum absolute atomic E-state index is 6.27. The zero-order valence-corrected chi connectivity index (χ0v) is 15.5. The molecule has 0 bridgehead atoms. The maximum Gasteiger partial charge on any atom is 0.114 e. The number of ether oxygens (including phenoxy) is 1. The lowest BCUT2D eigenvalue weighted by atomic mass is 10.0. The average Bonchev–Trinajstić information content (AvgIpc) is 3.20. The van der Waals surface area contributed by atoms with Gasteiger partial charge < -0.3 is 4.74 Å². The number of rotatable bonds is 7. The largest absolute Gasteiger partial charge is 0.493 e. The van der Waals surface area contributed by atoms with Crippen molar-refractivity contribution in [3.8, 4) is 11.3 Å². The normalized spacial score (nSPS) is 15.2. The highest BCUT2D eigenvalue weighted by atomic mass is 16.5. The molecule has 1 heterocycles. The van der Waals surface area contributed by atoms with E-state index in [0.29, 0.717) is 12.5 Å². The third-order valence-electron chi connectivity index (χ3n) is 5.14. The van der Waals surface area contributed by atoms with Crippen molar-refractivity contribution in [3.05, 3.63) is 65.6 Å². The highest BCUT2D eigenvalue weighted by Gasteiger charge is 2.16. The molecule has 132 valence electrons. The van der Waals surface area contributed by atoms with Crippen LogP contribution in [-0.2, 0) is 11.3 Å². The second-order valence-electron chi connectivity index (χ2n) is 7.16. The van der Waals surface area contributed by atoms with Crippen molar-refractivity contribution >= 4 is 0 Å². The molecule has 2 aromatic rings. The van der Waals surface area contributed by atoms with Crippen LogP contribution in [0.4, 0.5) is 0 Å². The topological polar surface area (TPSA) is 22.1 Å². The number of aromatic nitrogens is 1. The first kappa shape index (κ1) is 17.7. The van der Waals surface area contributed by atoms with Crippen LogP contribution in [0.5, 0.6) is 0 Å². The molecule has 0 spiro atoms.